The van der Waals surface area contributed by atoms with E-state index in [0.29, 0.717) is 18.4 Å². The Balaban J connectivity index is 1.47. The Kier molecular flexibility index (Phi) is 6.61. The average Bonchev–Trinajstić information content (AvgIpc) is 3.30. The second kappa shape index (κ2) is 9.63. The molecule has 0 bridgehead atoms. The van der Waals surface area contributed by atoms with E-state index in [1.54, 1.807) is 12.1 Å². The van der Waals surface area contributed by atoms with Gasteiger partial charge in [0.15, 0.2) is 5.13 Å². The van der Waals surface area contributed by atoms with Crippen LogP contribution in [0.2, 0.25) is 0 Å². The Labute approximate surface area is 204 Å². The van der Waals surface area contributed by atoms with Crippen molar-refractivity contribution in [2.75, 3.05) is 5.32 Å². The minimum atomic E-state index is -1.32. The number of carboxylic acid groups (broad SMARTS) is 1. The van der Waals surface area contributed by atoms with E-state index in [0.717, 1.165) is 16.2 Å². The summed E-state index contributed by atoms with van der Waals surface area (Å²) in [6.07, 6.45) is 2.11. The predicted octanol–water partition coefficient (Wildman–Crippen LogP) is 0.782. The van der Waals surface area contributed by atoms with Crippen molar-refractivity contribution in [2.45, 2.75) is 23.1 Å². The SMILES string of the molecule is O=CNc1nc(C(=O)C(=O)NC2C(=O)N3C(C(=O)O)=CC(Cc4ccc([N+](=O)[O-])cc4)S[C@H]23)cs1. The van der Waals surface area contributed by atoms with Crippen LogP contribution in [0.3, 0.4) is 0 Å². The van der Waals surface area contributed by atoms with E-state index >= 15 is 0 Å². The van der Waals surface area contributed by atoms with Crippen LogP contribution in [-0.4, -0.2) is 66.6 Å². The van der Waals surface area contributed by atoms with E-state index < -0.39 is 45.2 Å². The first kappa shape index (κ1) is 24.0. The molecule has 3 N–H and O–H groups in total. The lowest BCUT2D eigenvalue weighted by molar-refractivity contribution is -0.384. The third-order valence-corrected chi connectivity index (χ3v) is 7.36. The lowest BCUT2D eigenvalue weighted by Crippen LogP contribution is -2.71. The van der Waals surface area contributed by atoms with Crippen molar-refractivity contribution in [1.82, 2.24) is 15.2 Å². The quantitative estimate of drug-likeness (QED) is 0.107. The summed E-state index contributed by atoms with van der Waals surface area (Å²) in [5, 5.41) is 25.3. The van der Waals surface area contributed by atoms with Gasteiger partial charge in [-0.1, -0.05) is 12.1 Å². The van der Waals surface area contributed by atoms with Crippen molar-refractivity contribution in [3.05, 3.63) is 62.8 Å². The summed E-state index contributed by atoms with van der Waals surface area (Å²) in [4.78, 5) is 74.9. The predicted molar refractivity (Wildman–Crippen MR) is 123 cm³/mol. The summed E-state index contributed by atoms with van der Waals surface area (Å²) in [6.45, 7) is 0. The van der Waals surface area contributed by atoms with Gasteiger partial charge in [0.25, 0.3) is 23.3 Å². The molecular weight excluding hydrogens is 502 g/mol. The second-order valence-electron chi connectivity index (χ2n) is 7.34. The van der Waals surface area contributed by atoms with E-state index in [-0.39, 0.29) is 22.2 Å². The lowest BCUT2D eigenvalue weighted by Gasteiger charge is -2.49. The van der Waals surface area contributed by atoms with E-state index in [1.165, 1.54) is 35.4 Å². The topological polar surface area (TPSA) is 189 Å². The van der Waals surface area contributed by atoms with Gasteiger partial charge in [-0.15, -0.1) is 23.1 Å². The zero-order valence-corrected chi connectivity index (χ0v) is 19.1. The molecule has 35 heavy (non-hydrogen) atoms. The number of hydrogen-bond donors (Lipinski definition) is 3. The molecule has 13 nitrogen and oxygen atoms in total. The number of non-ortho nitro benzene ring substituents is 1. The highest BCUT2D eigenvalue weighted by atomic mass is 32.2. The Hall–Kier alpha value is -4.11. The monoisotopic (exact) mass is 517 g/mol. The number of benzene rings is 1. The second-order valence-corrected chi connectivity index (χ2v) is 9.56. The number of aliphatic carboxylic acids is 1. The Bertz CT molecular complexity index is 1270. The van der Waals surface area contributed by atoms with Crippen molar-refractivity contribution in [3.63, 3.8) is 0 Å². The standard InChI is InChI=1S/C20H15N5O8S2/c26-8-21-20-22-12(7-34-20)15(27)16(28)23-14-17(29)24-13(19(30)31)6-11(35-18(14)24)5-9-1-3-10(4-2-9)25(32)33/h1-4,6-8,11,14,18H,5H2,(H,23,28)(H,30,31)(H,21,22,26)/t11?,14?,18-/m1/s1. The summed E-state index contributed by atoms with van der Waals surface area (Å²) < 4.78 is 0. The molecule has 0 spiro atoms. The number of nitrogens with zero attached hydrogens (tertiary/aromatic N) is 3. The number of nitrogens with one attached hydrogen (secondary N) is 2. The van der Waals surface area contributed by atoms with E-state index in [2.05, 4.69) is 15.6 Å². The third-order valence-electron chi connectivity index (χ3n) is 5.18. The minimum absolute atomic E-state index is 0.0794. The van der Waals surface area contributed by atoms with Gasteiger partial charge in [-0.25, -0.2) is 9.78 Å². The van der Waals surface area contributed by atoms with Crippen molar-refractivity contribution in [2.24, 2.45) is 0 Å². The number of thioether (sulfide) groups is 1. The number of nitro groups is 1. The number of Topliss-reactive ketones (excluding diaryl/α,β-unsaturated/α-hetero) is 1. The summed E-state index contributed by atoms with van der Waals surface area (Å²) in [7, 11) is 0. The fraction of sp³-hybridized carbons (Fsp3) is 0.200. The molecule has 15 heteroatoms. The molecule has 3 heterocycles. The van der Waals surface area contributed by atoms with Crippen molar-refractivity contribution in [1.29, 1.82) is 0 Å². The molecule has 1 aromatic carbocycles. The molecule has 2 aliphatic heterocycles. The van der Waals surface area contributed by atoms with Gasteiger partial charge < -0.3 is 15.7 Å². The number of nitro benzene ring substituents is 1. The molecule has 2 unspecified atom stereocenters. The van der Waals surface area contributed by atoms with Crippen molar-refractivity contribution >= 4 is 63.9 Å². The third kappa shape index (κ3) is 4.76. The molecule has 2 aliphatic rings. The van der Waals surface area contributed by atoms with E-state index in [1.807, 2.05) is 0 Å². The van der Waals surface area contributed by atoms with E-state index in [4.69, 9.17) is 0 Å². The fourth-order valence-electron chi connectivity index (χ4n) is 3.55. The molecule has 1 aromatic heterocycles. The van der Waals surface area contributed by atoms with Crippen LogP contribution in [0.1, 0.15) is 16.1 Å². The number of anilines is 1. The highest BCUT2D eigenvalue weighted by molar-refractivity contribution is 8.00. The highest BCUT2D eigenvalue weighted by Gasteiger charge is 2.54. The van der Waals surface area contributed by atoms with Crippen molar-refractivity contribution in [3.8, 4) is 0 Å². The molecule has 3 atom stereocenters. The maximum atomic E-state index is 12.6. The molecular formula is C20H15N5O8S2. The number of thiazole rings is 1. The van der Waals surface area contributed by atoms with Gasteiger partial charge in [-0.05, 0) is 18.1 Å². The van der Waals surface area contributed by atoms with Gasteiger partial charge in [0.2, 0.25) is 6.41 Å². The Morgan fingerprint density at radius 1 is 1.26 bits per heavy atom. The number of ketones is 1. The zero-order valence-electron chi connectivity index (χ0n) is 17.4. The molecule has 0 radical (unpaired) electrons. The molecule has 180 valence electrons. The Morgan fingerprint density at radius 2 is 1.97 bits per heavy atom. The summed E-state index contributed by atoms with van der Waals surface area (Å²) >= 11 is 2.16. The number of aromatic nitrogens is 1. The van der Waals surface area contributed by atoms with Crippen LogP contribution in [-0.2, 0) is 25.6 Å². The van der Waals surface area contributed by atoms with Crippen LogP contribution < -0.4 is 10.6 Å². The molecule has 2 aromatic rings. The number of β-lactam (4-membered cyclic amide) rings is 1. The number of fused-ring (bicyclic) bond motifs is 1. The number of carbonyl (C=O) groups excluding carboxylic acids is 4. The summed E-state index contributed by atoms with van der Waals surface area (Å²) in [5.41, 5.74) is 0.182. The van der Waals surface area contributed by atoms with Crippen LogP contribution in [0.5, 0.6) is 0 Å². The molecule has 0 saturated carbocycles. The molecule has 0 aliphatic carbocycles. The number of amides is 3. The summed E-state index contributed by atoms with van der Waals surface area (Å²) in [6, 6.07) is 4.67. The smallest absolute Gasteiger partial charge is 0.352 e. The first-order valence-corrected chi connectivity index (χ1v) is 11.7. The molecule has 4 rings (SSSR count). The van der Waals surface area contributed by atoms with Gasteiger partial charge >= 0.3 is 5.97 Å². The molecule has 1 fully saturated rings. The molecule has 1 saturated heterocycles. The normalized spacial score (nSPS) is 20.7. The fourth-order valence-corrected chi connectivity index (χ4v) is 5.74. The van der Waals surface area contributed by atoms with Gasteiger partial charge in [-0.3, -0.25) is 34.2 Å². The lowest BCUT2D eigenvalue weighted by atomic mass is 10.0. The maximum absolute atomic E-state index is 12.6. The van der Waals surface area contributed by atoms with E-state index in [9.17, 15) is 39.2 Å². The van der Waals surface area contributed by atoms with Crippen LogP contribution in [0.4, 0.5) is 10.8 Å². The minimum Gasteiger partial charge on any atom is -0.477 e. The van der Waals surface area contributed by atoms with Gasteiger partial charge in [0.05, 0.1) is 4.92 Å². The largest absolute Gasteiger partial charge is 0.477 e. The van der Waals surface area contributed by atoms with Crippen molar-refractivity contribution < 1.29 is 34.0 Å². The van der Waals surface area contributed by atoms with Gasteiger partial charge in [-0.2, -0.15) is 0 Å². The maximum Gasteiger partial charge on any atom is 0.352 e. The highest BCUT2D eigenvalue weighted by Crippen LogP contribution is 2.42. The summed E-state index contributed by atoms with van der Waals surface area (Å²) in [5.74, 6) is -4.10. The van der Waals surface area contributed by atoms with Crippen LogP contribution in [0.15, 0.2) is 41.4 Å². The van der Waals surface area contributed by atoms with Gasteiger partial charge in [0, 0.05) is 22.8 Å². The average molecular weight is 518 g/mol. The Morgan fingerprint density at radius 3 is 2.60 bits per heavy atom. The number of carboxylic acids is 1. The first-order chi connectivity index (χ1) is 16.7. The van der Waals surface area contributed by atoms with Crippen LogP contribution in [0, 0.1) is 10.1 Å². The van der Waals surface area contributed by atoms with Gasteiger partial charge in [0.1, 0.15) is 22.8 Å². The number of hydrogen-bond acceptors (Lipinski definition) is 10. The van der Waals surface area contributed by atoms with Crippen LogP contribution in [0.25, 0.3) is 0 Å². The number of rotatable bonds is 9. The first-order valence-electron chi connectivity index (χ1n) is 9.87. The number of carbonyl (C=O) groups is 5. The molecule has 3 amide bonds. The van der Waals surface area contributed by atoms with Crippen LogP contribution >= 0.6 is 23.1 Å². The zero-order chi connectivity index (χ0) is 25.3.